The third-order valence-electron chi connectivity index (χ3n) is 3.96. The lowest BCUT2D eigenvalue weighted by Crippen LogP contribution is -2.15. The van der Waals surface area contributed by atoms with Gasteiger partial charge >= 0.3 is 5.97 Å². The molecule has 22 heavy (non-hydrogen) atoms. The summed E-state index contributed by atoms with van der Waals surface area (Å²) < 4.78 is 0. The molecule has 5 heteroatoms. The van der Waals surface area contributed by atoms with Crippen molar-refractivity contribution < 1.29 is 14.7 Å². The Kier molecular flexibility index (Phi) is 3.63. The number of aromatic carboxylic acids is 1. The van der Waals surface area contributed by atoms with Gasteiger partial charge in [-0.05, 0) is 54.7 Å². The van der Waals surface area contributed by atoms with E-state index in [2.05, 4.69) is 10.3 Å². The van der Waals surface area contributed by atoms with Crippen LogP contribution in [0.25, 0.3) is 0 Å². The fourth-order valence-corrected chi connectivity index (χ4v) is 2.66. The number of carboxylic acids is 1. The van der Waals surface area contributed by atoms with Gasteiger partial charge in [0.1, 0.15) is 0 Å². The minimum absolute atomic E-state index is 0.0312. The number of anilines is 1. The Labute approximate surface area is 128 Å². The molecule has 1 aliphatic rings. The zero-order valence-electron chi connectivity index (χ0n) is 12.1. The van der Waals surface area contributed by atoms with Gasteiger partial charge in [-0.25, -0.2) is 4.79 Å². The first-order valence-electron chi connectivity index (χ1n) is 7.11. The molecule has 1 heterocycles. The number of pyridine rings is 1. The van der Waals surface area contributed by atoms with Crippen molar-refractivity contribution in [3.8, 4) is 0 Å². The molecule has 112 valence electrons. The van der Waals surface area contributed by atoms with Gasteiger partial charge in [0, 0.05) is 24.0 Å². The Hall–Kier alpha value is -2.69. The van der Waals surface area contributed by atoms with Crippen molar-refractivity contribution >= 4 is 17.6 Å². The first kappa shape index (κ1) is 14.3. The monoisotopic (exact) mass is 296 g/mol. The highest BCUT2D eigenvalue weighted by molar-refractivity contribution is 5.96. The molecule has 1 saturated carbocycles. The Bertz CT molecular complexity index is 728. The van der Waals surface area contributed by atoms with Gasteiger partial charge in [-0.15, -0.1) is 0 Å². The minimum atomic E-state index is -0.964. The molecule has 0 unspecified atom stereocenters. The minimum Gasteiger partial charge on any atom is -0.478 e. The van der Waals surface area contributed by atoms with Crippen molar-refractivity contribution in [2.75, 3.05) is 5.32 Å². The molecule has 5 nitrogen and oxygen atoms in total. The summed E-state index contributed by atoms with van der Waals surface area (Å²) in [5, 5.41) is 11.9. The molecule has 0 radical (unpaired) electrons. The van der Waals surface area contributed by atoms with Gasteiger partial charge in [0.15, 0.2) is 0 Å². The van der Waals surface area contributed by atoms with E-state index in [1.807, 2.05) is 12.1 Å². The number of rotatable bonds is 4. The van der Waals surface area contributed by atoms with Crippen LogP contribution in [0.15, 0.2) is 42.7 Å². The first-order chi connectivity index (χ1) is 10.6. The molecular formula is C17H16N2O3. The van der Waals surface area contributed by atoms with Crippen LogP contribution in [0.5, 0.6) is 0 Å². The number of carboxylic acid groups (broad SMARTS) is 1. The highest BCUT2D eigenvalue weighted by Gasteiger charge is 2.44. The summed E-state index contributed by atoms with van der Waals surface area (Å²) in [5.41, 5.74) is 2.59. The van der Waals surface area contributed by atoms with Crippen LogP contribution in [0.4, 0.5) is 5.69 Å². The second-order valence-electron chi connectivity index (χ2n) is 5.56. The Morgan fingerprint density at radius 1 is 1.32 bits per heavy atom. The second kappa shape index (κ2) is 5.60. The number of amides is 1. The Morgan fingerprint density at radius 2 is 2.14 bits per heavy atom. The summed E-state index contributed by atoms with van der Waals surface area (Å²) in [5.74, 6) is -0.803. The van der Waals surface area contributed by atoms with Crippen molar-refractivity contribution in [3.63, 3.8) is 0 Å². The topological polar surface area (TPSA) is 79.3 Å². The summed E-state index contributed by atoms with van der Waals surface area (Å²) in [4.78, 5) is 27.3. The maximum absolute atomic E-state index is 12.2. The third-order valence-corrected chi connectivity index (χ3v) is 3.96. The maximum atomic E-state index is 12.2. The van der Waals surface area contributed by atoms with Crippen LogP contribution in [-0.4, -0.2) is 22.0 Å². The summed E-state index contributed by atoms with van der Waals surface area (Å²) in [6.07, 6.45) is 4.33. The fraction of sp³-hybridized carbons (Fsp3) is 0.235. The van der Waals surface area contributed by atoms with E-state index in [1.54, 1.807) is 31.5 Å². The largest absolute Gasteiger partial charge is 0.478 e. The van der Waals surface area contributed by atoms with Gasteiger partial charge in [-0.2, -0.15) is 0 Å². The van der Waals surface area contributed by atoms with Crippen molar-refractivity contribution in [1.82, 2.24) is 4.98 Å². The number of benzene rings is 1. The summed E-state index contributed by atoms with van der Waals surface area (Å²) in [6.45, 7) is 1.72. The van der Waals surface area contributed by atoms with E-state index in [9.17, 15) is 9.59 Å². The number of hydrogen-bond donors (Lipinski definition) is 2. The van der Waals surface area contributed by atoms with Gasteiger partial charge < -0.3 is 10.4 Å². The molecule has 0 aliphatic heterocycles. The molecule has 2 aromatic rings. The van der Waals surface area contributed by atoms with Crippen molar-refractivity contribution in [3.05, 3.63) is 59.4 Å². The highest BCUT2D eigenvalue weighted by atomic mass is 16.4. The molecule has 1 aliphatic carbocycles. The van der Waals surface area contributed by atoms with E-state index in [-0.39, 0.29) is 23.3 Å². The number of aromatic nitrogens is 1. The third kappa shape index (κ3) is 2.83. The van der Waals surface area contributed by atoms with Gasteiger partial charge in [-0.3, -0.25) is 9.78 Å². The second-order valence-corrected chi connectivity index (χ2v) is 5.56. The van der Waals surface area contributed by atoms with E-state index in [0.29, 0.717) is 11.3 Å². The van der Waals surface area contributed by atoms with E-state index < -0.39 is 5.97 Å². The summed E-state index contributed by atoms with van der Waals surface area (Å²) >= 11 is 0. The molecular weight excluding hydrogens is 280 g/mol. The summed E-state index contributed by atoms with van der Waals surface area (Å²) in [7, 11) is 0. The van der Waals surface area contributed by atoms with E-state index in [4.69, 9.17) is 5.11 Å². The van der Waals surface area contributed by atoms with E-state index in [0.717, 1.165) is 12.0 Å². The van der Waals surface area contributed by atoms with Crippen LogP contribution >= 0.6 is 0 Å². The predicted octanol–water partition coefficient (Wildman–Crippen LogP) is 2.83. The van der Waals surface area contributed by atoms with Gasteiger partial charge in [0.25, 0.3) is 0 Å². The molecule has 3 rings (SSSR count). The van der Waals surface area contributed by atoms with Gasteiger partial charge in [-0.1, -0.05) is 6.07 Å². The molecule has 0 spiro atoms. The molecule has 1 aromatic heterocycles. The number of nitrogens with zero attached hydrogens (tertiary/aromatic N) is 1. The van der Waals surface area contributed by atoms with Crippen LogP contribution < -0.4 is 5.32 Å². The first-order valence-corrected chi connectivity index (χ1v) is 7.11. The molecule has 1 aromatic carbocycles. The lowest BCUT2D eigenvalue weighted by molar-refractivity contribution is -0.117. The lowest BCUT2D eigenvalue weighted by atomic mass is 10.1. The van der Waals surface area contributed by atoms with Crippen molar-refractivity contribution in [2.45, 2.75) is 19.3 Å². The lowest BCUT2D eigenvalue weighted by Gasteiger charge is -2.07. The molecule has 2 atom stereocenters. The molecule has 1 amide bonds. The number of nitrogens with one attached hydrogen (secondary N) is 1. The SMILES string of the molecule is Cc1cc(NC(=O)[C@@H]2C[C@@H]2c2cccnc2)ccc1C(=O)O. The zero-order chi connectivity index (χ0) is 15.7. The molecule has 0 saturated heterocycles. The normalized spacial score (nSPS) is 19.5. The van der Waals surface area contributed by atoms with Crippen LogP contribution in [0.1, 0.15) is 33.8 Å². The average Bonchev–Trinajstić information content (AvgIpc) is 3.28. The number of aryl methyl sites for hydroxylation is 1. The predicted molar refractivity (Wildman–Crippen MR) is 81.9 cm³/mol. The van der Waals surface area contributed by atoms with Crippen molar-refractivity contribution in [2.24, 2.45) is 5.92 Å². The van der Waals surface area contributed by atoms with E-state index >= 15 is 0 Å². The maximum Gasteiger partial charge on any atom is 0.335 e. The Balaban J connectivity index is 1.66. The molecule has 0 bridgehead atoms. The number of hydrogen-bond acceptors (Lipinski definition) is 3. The van der Waals surface area contributed by atoms with E-state index in [1.165, 1.54) is 6.07 Å². The van der Waals surface area contributed by atoms with Crippen LogP contribution in [0.3, 0.4) is 0 Å². The van der Waals surface area contributed by atoms with Crippen molar-refractivity contribution in [1.29, 1.82) is 0 Å². The van der Waals surface area contributed by atoms with Gasteiger partial charge in [0.2, 0.25) is 5.91 Å². The smallest absolute Gasteiger partial charge is 0.335 e. The quantitative estimate of drug-likeness (QED) is 0.909. The van der Waals surface area contributed by atoms with Crippen LogP contribution in [0, 0.1) is 12.8 Å². The Morgan fingerprint density at radius 3 is 2.77 bits per heavy atom. The number of carbonyl (C=O) groups excluding carboxylic acids is 1. The highest BCUT2D eigenvalue weighted by Crippen LogP contribution is 2.47. The van der Waals surface area contributed by atoms with Crippen LogP contribution in [0.2, 0.25) is 0 Å². The average molecular weight is 296 g/mol. The standard InChI is InChI=1S/C17H16N2O3/c1-10-7-12(4-5-13(10)17(21)22)19-16(20)15-8-14(15)11-3-2-6-18-9-11/h2-7,9,14-15H,8H2,1H3,(H,19,20)(H,21,22)/t14-,15-/m1/s1. The fourth-order valence-electron chi connectivity index (χ4n) is 2.66. The molecule has 2 N–H and O–H groups in total. The summed E-state index contributed by atoms with van der Waals surface area (Å²) in [6, 6.07) is 8.67. The van der Waals surface area contributed by atoms with Crippen LogP contribution in [-0.2, 0) is 4.79 Å². The van der Waals surface area contributed by atoms with Gasteiger partial charge in [0.05, 0.1) is 5.56 Å². The number of carbonyl (C=O) groups is 2. The zero-order valence-corrected chi connectivity index (χ0v) is 12.1. The molecule has 1 fully saturated rings.